The molecule has 0 fully saturated rings. The van der Waals surface area contributed by atoms with Crippen molar-refractivity contribution in [3.05, 3.63) is 87.5 Å². The van der Waals surface area contributed by atoms with Crippen LogP contribution in [0.15, 0.2) is 59.7 Å². The Bertz CT molecular complexity index is 1690. The summed E-state index contributed by atoms with van der Waals surface area (Å²) in [6, 6.07) is 18.6. The van der Waals surface area contributed by atoms with Crippen LogP contribution in [0.5, 0.6) is 0 Å². The maximum absolute atomic E-state index is 12.2. The molecule has 440 valence electrons. The van der Waals surface area contributed by atoms with E-state index in [2.05, 4.69) is 76.2 Å². The van der Waals surface area contributed by atoms with Gasteiger partial charge in [0.05, 0.1) is 0 Å². The fourth-order valence-corrected chi connectivity index (χ4v) is 12.6. The molecule has 2 nitrogen and oxygen atoms in total. The first-order valence-corrected chi connectivity index (χ1v) is 35.3. The van der Waals surface area contributed by atoms with E-state index in [1.54, 1.807) is 4.70 Å². The number of aryl methyl sites for hydroxylation is 2. The summed E-state index contributed by atoms with van der Waals surface area (Å²) >= 11 is 0. The Balaban J connectivity index is 1.27. The van der Waals surface area contributed by atoms with E-state index in [-0.39, 0.29) is 0 Å². The fourth-order valence-electron chi connectivity index (χ4n) is 12.6. The lowest BCUT2D eigenvalue weighted by Gasteiger charge is -2.11. The van der Waals surface area contributed by atoms with E-state index in [0.29, 0.717) is 0 Å². The summed E-state index contributed by atoms with van der Waals surface area (Å²) in [5, 5.41) is 0. The Morgan fingerprint density at radius 1 is 0.221 bits per heavy atom. The molecular formula is C75H130N2. The number of hydrogen-bond acceptors (Lipinski definition) is 0. The zero-order valence-electron chi connectivity index (χ0n) is 52.4. The highest BCUT2D eigenvalue weighted by Crippen LogP contribution is 2.44. The molecule has 0 saturated heterocycles. The Hall–Kier alpha value is -2.48. The molecule has 0 spiro atoms. The first kappa shape index (κ1) is 68.8. The average Bonchev–Trinajstić information content (AvgIpc) is 3.79. The van der Waals surface area contributed by atoms with E-state index in [9.17, 15) is 5.53 Å². The summed E-state index contributed by atoms with van der Waals surface area (Å²) in [7, 11) is 0. The smallest absolute Gasteiger partial charge is 0.211 e. The zero-order valence-corrected chi connectivity index (χ0v) is 52.4. The minimum atomic E-state index is 1.02. The van der Waals surface area contributed by atoms with Crippen LogP contribution in [-0.4, -0.2) is 4.70 Å². The minimum absolute atomic E-state index is 1.02. The normalized spacial score (nSPS) is 12.9. The topological polar surface area (TPSA) is 25.3 Å². The third-order valence-corrected chi connectivity index (χ3v) is 17.8. The molecule has 0 bridgehead atoms. The van der Waals surface area contributed by atoms with Crippen molar-refractivity contribution in [1.29, 1.82) is 0 Å². The third kappa shape index (κ3) is 34.4. The first-order chi connectivity index (χ1) is 38.1. The molecular weight excluding hydrogens is 929 g/mol. The molecule has 2 heteroatoms. The maximum Gasteiger partial charge on any atom is 0.211 e. The Morgan fingerprint density at radius 3 is 0.636 bits per heavy atom. The molecule has 0 aromatic heterocycles. The lowest BCUT2D eigenvalue weighted by atomic mass is 9.91. The molecule has 0 atom stereocenters. The highest BCUT2D eigenvalue weighted by atomic mass is 15.2. The molecule has 1 aliphatic rings. The van der Waals surface area contributed by atoms with E-state index in [4.69, 9.17) is 0 Å². The molecule has 2 aromatic carbocycles. The van der Waals surface area contributed by atoms with Gasteiger partial charge in [-0.15, -0.1) is 0 Å². The predicted octanol–water partition coefficient (Wildman–Crippen LogP) is 26.7. The van der Waals surface area contributed by atoms with Crippen LogP contribution in [0.2, 0.25) is 0 Å². The van der Waals surface area contributed by atoms with Crippen LogP contribution in [0.1, 0.15) is 390 Å². The Labute approximate surface area is 482 Å². The molecule has 1 aliphatic heterocycles. The molecule has 0 amide bonds. The van der Waals surface area contributed by atoms with Gasteiger partial charge in [-0.1, -0.05) is 354 Å². The maximum atomic E-state index is 12.2. The number of nitrogens with zero attached hydrogens (tertiary/aromatic N) is 2. The number of benzene rings is 2. The summed E-state index contributed by atoms with van der Waals surface area (Å²) in [6.45, 7) is 9.22. The van der Waals surface area contributed by atoms with Crippen LogP contribution in [0, 0.1) is 0 Å². The highest BCUT2D eigenvalue weighted by Gasteiger charge is 2.35. The van der Waals surface area contributed by atoms with Crippen molar-refractivity contribution in [2.24, 2.45) is 0 Å². The van der Waals surface area contributed by atoms with Crippen LogP contribution in [-0.2, 0) is 12.8 Å². The van der Waals surface area contributed by atoms with Gasteiger partial charge in [-0.3, -0.25) is 0 Å². The van der Waals surface area contributed by atoms with E-state index >= 15 is 0 Å². The Kier molecular flexibility index (Phi) is 45.1. The SMILES string of the molecule is CCCCCCCCCCCCCCCCCCCCCCCCCc1ccc(C2=C(CCCC)C(CCCCC)=C(c3ccc(CCCCCCCCCCCCCCCCCCCCCCCCC)cc3)[N+]2=[N-])cc1. The molecule has 0 radical (unpaired) electrons. The average molecular weight is 1060 g/mol. The van der Waals surface area contributed by atoms with Gasteiger partial charge in [0.2, 0.25) is 11.4 Å². The second-order valence-electron chi connectivity index (χ2n) is 25.0. The number of rotatable bonds is 57. The number of allylic oxidation sites excluding steroid dienone is 2. The van der Waals surface area contributed by atoms with Gasteiger partial charge in [0.25, 0.3) is 0 Å². The van der Waals surface area contributed by atoms with Crippen molar-refractivity contribution in [2.45, 2.75) is 381 Å². The molecule has 0 aliphatic carbocycles. The summed E-state index contributed by atoms with van der Waals surface area (Å²) in [4.78, 5) is 0. The second-order valence-corrected chi connectivity index (χ2v) is 25.0. The van der Waals surface area contributed by atoms with Gasteiger partial charge < -0.3 is 5.53 Å². The van der Waals surface area contributed by atoms with E-state index in [1.807, 2.05) is 0 Å². The van der Waals surface area contributed by atoms with E-state index < -0.39 is 0 Å². The second kappa shape index (κ2) is 50.5. The van der Waals surface area contributed by atoms with Gasteiger partial charge >= 0.3 is 0 Å². The molecule has 2 aromatic rings. The van der Waals surface area contributed by atoms with Crippen molar-refractivity contribution in [1.82, 2.24) is 0 Å². The van der Waals surface area contributed by atoms with Crippen LogP contribution in [0.25, 0.3) is 16.9 Å². The summed E-state index contributed by atoms with van der Waals surface area (Å²) < 4.78 is 1.59. The monoisotopic (exact) mass is 1060 g/mol. The Morgan fingerprint density at radius 2 is 0.403 bits per heavy atom. The van der Waals surface area contributed by atoms with Gasteiger partial charge in [0, 0.05) is 22.3 Å². The van der Waals surface area contributed by atoms with Crippen LogP contribution < -0.4 is 0 Å². The van der Waals surface area contributed by atoms with Crippen molar-refractivity contribution in [2.75, 3.05) is 0 Å². The fraction of sp³-hybridized carbons (Fsp3) is 0.787. The quantitative estimate of drug-likeness (QED) is 0.0466. The van der Waals surface area contributed by atoms with E-state index in [1.165, 1.54) is 337 Å². The van der Waals surface area contributed by atoms with Crippen LogP contribution >= 0.6 is 0 Å². The number of unbranched alkanes of at least 4 members (excludes halogenated alkanes) is 47. The van der Waals surface area contributed by atoms with Gasteiger partial charge in [-0.05, 0) is 86.8 Å². The zero-order chi connectivity index (χ0) is 54.7. The van der Waals surface area contributed by atoms with Gasteiger partial charge in [-0.25, -0.2) is 4.70 Å². The standard InChI is InChI=1S/C75H130N2/c1-5-9-13-15-17-19-21-23-25-27-29-31-33-35-37-39-41-43-45-47-49-51-54-56-68-60-64-70(65-61-68)74-72(58-12-8-4)73(59-53-11-7-3)75(77(74)76)71-66-62-69(63-67-71)57-55-52-50-48-46-44-42-40-38-36-34-32-30-28-26-24-22-20-18-16-14-10-6-2/h60-67H,5-59H2,1-4H3. The van der Waals surface area contributed by atoms with Crippen molar-refractivity contribution in [3.8, 4) is 0 Å². The van der Waals surface area contributed by atoms with Gasteiger partial charge in [0.1, 0.15) is 0 Å². The lowest BCUT2D eigenvalue weighted by Crippen LogP contribution is -2.03. The molecule has 0 N–H and O–H groups in total. The van der Waals surface area contributed by atoms with Crippen molar-refractivity contribution in [3.63, 3.8) is 0 Å². The molecule has 0 unspecified atom stereocenters. The van der Waals surface area contributed by atoms with Crippen molar-refractivity contribution < 1.29 is 4.70 Å². The highest BCUT2D eigenvalue weighted by molar-refractivity contribution is 5.82. The van der Waals surface area contributed by atoms with Crippen LogP contribution in [0.3, 0.4) is 0 Å². The van der Waals surface area contributed by atoms with E-state index in [0.717, 1.165) is 61.0 Å². The molecule has 3 rings (SSSR count). The largest absolute Gasteiger partial charge is 0.493 e. The van der Waals surface area contributed by atoms with Gasteiger partial charge in [-0.2, -0.15) is 0 Å². The molecule has 77 heavy (non-hydrogen) atoms. The number of hydrogen-bond donors (Lipinski definition) is 0. The molecule has 1 heterocycles. The predicted molar refractivity (Wildman–Crippen MR) is 345 cm³/mol. The third-order valence-electron chi connectivity index (χ3n) is 17.8. The summed E-state index contributed by atoms with van der Waals surface area (Å²) in [6.07, 6.45) is 76.2. The lowest BCUT2D eigenvalue weighted by molar-refractivity contribution is -0.345. The first-order valence-electron chi connectivity index (χ1n) is 35.3. The molecule has 0 saturated carbocycles. The summed E-state index contributed by atoms with van der Waals surface area (Å²) in [5.74, 6) is 0. The van der Waals surface area contributed by atoms with Crippen LogP contribution in [0.4, 0.5) is 0 Å². The minimum Gasteiger partial charge on any atom is -0.493 e. The van der Waals surface area contributed by atoms with Crippen molar-refractivity contribution >= 4 is 11.4 Å². The summed E-state index contributed by atoms with van der Waals surface area (Å²) in [5.41, 5.74) is 22.2. The van der Waals surface area contributed by atoms with Gasteiger partial charge in [0.15, 0.2) is 0 Å².